The molecule has 126 valence electrons. The highest BCUT2D eigenvalue weighted by Crippen LogP contribution is 2.24. The number of ketones is 1. The summed E-state index contributed by atoms with van der Waals surface area (Å²) in [5.74, 6) is 0.824. The Morgan fingerprint density at radius 1 is 1.08 bits per heavy atom. The highest BCUT2D eigenvalue weighted by molar-refractivity contribution is 6.06. The zero-order chi connectivity index (χ0) is 18.0. The van der Waals surface area contributed by atoms with Crippen LogP contribution in [-0.4, -0.2) is 20.9 Å². The zero-order valence-corrected chi connectivity index (χ0v) is 14.5. The molecule has 0 aliphatic rings. The van der Waals surface area contributed by atoms with Gasteiger partial charge in [-0.25, -0.2) is 4.98 Å². The first-order chi connectivity index (χ1) is 12.0. The molecule has 0 aliphatic heterocycles. The first kappa shape index (κ1) is 16.7. The van der Waals surface area contributed by atoms with Gasteiger partial charge in [-0.1, -0.05) is 36.4 Å². The smallest absolute Gasteiger partial charge is 0.206 e. The fourth-order valence-corrected chi connectivity index (χ4v) is 2.77. The van der Waals surface area contributed by atoms with Gasteiger partial charge in [-0.15, -0.1) is 0 Å². The molecule has 3 rings (SSSR count). The number of carbonyl (C=O) groups excluding carboxylic acids is 1. The molecule has 0 saturated heterocycles. The predicted molar refractivity (Wildman–Crippen MR) is 99.7 cm³/mol. The second-order valence-electron chi connectivity index (χ2n) is 6.13. The van der Waals surface area contributed by atoms with Crippen molar-refractivity contribution in [2.45, 2.75) is 20.8 Å². The van der Waals surface area contributed by atoms with Crippen molar-refractivity contribution in [3.05, 3.63) is 76.6 Å². The first-order valence-electron chi connectivity index (χ1n) is 8.10. The van der Waals surface area contributed by atoms with Crippen LogP contribution in [0.5, 0.6) is 5.75 Å². The van der Waals surface area contributed by atoms with E-state index in [2.05, 4.69) is 9.97 Å². The second-order valence-corrected chi connectivity index (χ2v) is 6.13. The van der Waals surface area contributed by atoms with Crippen molar-refractivity contribution in [2.24, 2.45) is 0 Å². The number of H-pyrrole nitrogens is 1. The number of carbonyl (C=O) groups is 1. The molecule has 3 aromatic rings. The Morgan fingerprint density at radius 2 is 1.72 bits per heavy atom. The van der Waals surface area contributed by atoms with Crippen LogP contribution in [-0.2, 0) is 0 Å². The molecule has 4 heteroatoms. The largest absolute Gasteiger partial charge is 0.507 e. The van der Waals surface area contributed by atoms with Crippen LogP contribution >= 0.6 is 0 Å². The summed E-state index contributed by atoms with van der Waals surface area (Å²) in [6.07, 6.45) is 3.27. The first-order valence-corrected chi connectivity index (χ1v) is 8.10. The van der Waals surface area contributed by atoms with Gasteiger partial charge in [-0.05, 0) is 55.7 Å². The Bertz CT molecular complexity index is 930. The number of nitrogens with zero attached hydrogens (tertiary/aromatic N) is 1. The van der Waals surface area contributed by atoms with Crippen molar-refractivity contribution in [2.75, 3.05) is 0 Å². The summed E-state index contributed by atoms with van der Waals surface area (Å²) in [6.45, 7) is 5.52. The summed E-state index contributed by atoms with van der Waals surface area (Å²) in [6, 6.07) is 13.4. The van der Waals surface area contributed by atoms with Crippen LogP contribution in [0.25, 0.3) is 17.5 Å². The molecule has 0 bridgehead atoms. The van der Waals surface area contributed by atoms with Crippen LogP contribution in [0.4, 0.5) is 0 Å². The van der Waals surface area contributed by atoms with Crippen molar-refractivity contribution in [3.63, 3.8) is 0 Å². The Balaban J connectivity index is 1.86. The van der Waals surface area contributed by atoms with Gasteiger partial charge in [0.25, 0.3) is 0 Å². The lowest BCUT2D eigenvalue weighted by atomic mass is 10.0. The topological polar surface area (TPSA) is 66.0 Å². The van der Waals surface area contributed by atoms with Crippen LogP contribution in [0, 0.1) is 20.8 Å². The Kier molecular flexibility index (Phi) is 4.52. The van der Waals surface area contributed by atoms with E-state index in [4.69, 9.17) is 0 Å². The summed E-state index contributed by atoms with van der Waals surface area (Å²) < 4.78 is 0. The van der Waals surface area contributed by atoms with E-state index >= 15 is 0 Å². The van der Waals surface area contributed by atoms with E-state index in [1.807, 2.05) is 63.2 Å². The maximum atomic E-state index is 12.5. The molecule has 0 amide bonds. The summed E-state index contributed by atoms with van der Waals surface area (Å²) in [5.41, 5.74) is 4.55. The number of hydrogen-bond acceptors (Lipinski definition) is 3. The van der Waals surface area contributed by atoms with Gasteiger partial charge >= 0.3 is 0 Å². The third-order valence-corrected chi connectivity index (χ3v) is 4.11. The number of aromatic amines is 1. The average Bonchev–Trinajstić information content (AvgIpc) is 3.00. The number of nitrogens with one attached hydrogen (secondary N) is 1. The summed E-state index contributed by atoms with van der Waals surface area (Å²) >= 11 is 0. The molecule has 0 fully saturated rings. The zero-order valence-electron chi connectivity index (χ0n) is 14.5. The molecular weight excluding hydrogens is 312 g/mol. The highest BCUT2D eigenvalue weighted by atomic mass is 16.3. The molecule has 2 N–H and O–H groups in total. The number of allylic oxidation sites excluding steroid dienone is 1. The number of aromatic nitrogens is 2. The van der Waals surface area contributed by atoms with Crippen LogP contribution in [0.2, 0.25) is 0 Å². The number of benzene rings is 2. The Morgan fingerprint density at radius 3 is 2.36 bits per heavy atom. The number of rotatable bonds is 4. The van der Waals surface area contributed by atoms with E-state index in [0.29, 0.717) is 17.3 Å². The highest BCUT2D eigenvalue weighted by Gasteiger charge is 2.13. The van der Waals surface area contributed by atoms with Crippen LogP contribution in [0.3, 0.4) is 0 Å². The quantitative estimate of drug-likeness (QED) is 0.542. The molecule has 0 spiro atoms. The van der Waals surface area contributed by atoms with Crippen molar-refractivity contribution in [1.82, 2.24) is 9.97 Å². The third-order valence-electron chi connectivity index (χ3n) is 4.11. The predicted octanol–water partition coefficient (Wildman–Crippen LogP) is 4.60. The number of aromatic hydroxyl groups is 1. The molecule has 0 aliphatic carbocycles. The summed E-state index contributed by atoms with van der Waals surface area (Å²) in [5, 5.41) is 9.83. The molecule has 1 heterocycles. The fraction of sp³-hybridized carbons (Fsp3) is 0.143. The van der Waals surface area contributed by atoms with Crippen molar-refractivity contribution >= 4 is 11.9 Å². The van der Waals surface area contributed by atoms with Crippen LogP contribution in [0.15, 0.2) is 48.5 Å². The SMILES string of the molecule is Cc1cc(/C=C/C(=O)c2nc(-c3ccccc3)[nH]c2C)cc(C)c1O. The molecule has 1 aromatic heterocycles. The van der Waals surface area contributed by atoms with Gasteiger partial charge in [-0.2, -0.15) is 0 Å². The Hall–Kier alpha value is -3.14. The number of phenols is 1. The molecule has 0 unspecified atom stereocenters. The van der Waals surface area contributed by atoms with Gasteiger partial charge in [0.15, 0.2) is 0 Å². The maximum Gasteiger partial charge on any atom is 0.206 e. The van der Waals surface area contributed by atoms with Gasteiger partial charge in [0.2, 0.25) is 5.78 Å². The lowest BCUT2D eigenvalue weighted by molar-refractivity contribution is 0.104. The van der Waals surface area contributed by atoms with Crippen molar-refractivity contribution < 1.29 is 9.90 Å². The second kappa shape index (κ2) is 6.77. The van der Waals surface area contributed by atoms with E-state index in [-0.39, 0.29) is 5.78 Å². The summed E-state index contributed by atoms with van der Waals surface area (Å²) in [7, 11) is 0. The van der Waals surface area contributed by atoms with E-state index in [9.17, 15) is 9.90 Å². The van der Waals surface area contributed by atoms with E-state index < -0.39 is 0 Å². The number of phenolic OH excluding ortho intramolecular Hbond substituents is 1. The average molecular weight is 332 g/mol. The minimum absolute atomic E-state index is 0.153. The third kappa shape index (κ3) is 3.53. The standard InChI is InChI=1S/C21H20N2O2/c1-13-11-16(12-14(2)20(13)25)9-10-18(24)19-15(3)22-21(23-19)17-7-5-4-6-8-17/h4-12,25H,1-3H3,(H,22,23)/b10-9+. The van der Waals surface area contributed by atoms with Gasteiger partial charge in [0.1, 0.15) is 17.3 Å². The molecule has 25 heavy (non-hydrogen) atoms. The normalized spacial score (nSPS) is 11.2. The van der Waals surface area contributed by atoms with E-state index in [1.165, 1.54) is 6.08 Å². The summed E-state index contributed by atoms with van der Waals surface area (Å²) in [4.78, 5) is 20.1. The lowest BCUT2D eigenvalue weighted by Gasteiger charge is -2.04. The maximum absolute atomic E-state index is 12.5. The van der Waals surface area contributed by atoms with E-state index in [0.717, 1.165) is 27.9 Å². The molecule has 4 nitrogen and oxygen atoms in total. The van der Waals surface area contributed by atoms with Gasteiger partial charge in [-0.3, -0.25) is 4.79 Å². The van der Waals surface area contributed by atoms with Crippen LogP contribution < -0.4 is 0 Å². The molecular formula is C21H20N2O2. The number of imidazole rings is 1. The minimum Gasteiger partial charge on any atom is -0.507 e. The van der Waals surface area contributed by atoms with Crippen LogP contribution in [0.1, 0.15) is 32.9 Å². The fourth-order valence-electron chi connectivity index (χ4n) is 2.77. The van der Waals surface area contributed by atoms with E-state index in [1.54, 1.807) is 6.08 Å². The van der Waals surface area contributed by atoms with Gasteiger partial charge in [0, 0.05) is 11.3 Å². The number of aryl methyl sites for hydroxylation is 3. The molecule has 0 radical (unpaired) electrons. The number of hydrogen-bond donors (Lipinski definition) is 2. The van der Waals surface area contributed by atoms with Gasteiger partial charge < -0.3 is 10.1 Å². The van der Waals surface area contributed by atoms with Crippen molar-refractivity contribution in [3.8, 4) is 17.1 Å². The Labute approximate surface area is 146 Å². The molecule has 0 saturated carbocycles. The lowest BCUT2D eigenvalue weighted by Crippen LogP contribution is -1.97. The van der Waals surface area contributed by atoms with Gasteiger partial charge in [0.05, 0.1) is 0 Å². The molecule has 0 atom stereocenters. The monoisotopic (exact) mass is 332 g/mol. The van der Waals surface area contributed by atoms with Crippen molar-refractivity contribution in [1.29, 1.82) is 0 Å². The minimum atomic E-state index is -0.153. The molecule has 2 aromatic carbocycles.